The van der Waals surface area contributed by atoms with Crippen molar-refractivity contribution in [1.82, 2.24) is 0 Å². The zero-order chi connectivity index (χ0) is 14.5. The normalized spacial score (nSPS) is 36.5. The second-order valence-electron chi connectivity index (χ2n) is 5.63. The molecule has 0 amide bonds. The Morgan fingerprint density at radius 3 is 2.35 bits per heavy atom. The first kappa shape index (κ1) is 14.1. The summed E-state index contributed by atoms with van der Waals surface area (Å²) in [6.07, 6.45) is -0.643. The number of aliphatic hydroxyl groups is 1. The van der Waals surface area contributed by atoms with Gasteiger partial charge in [0.05, 0.1) is 11.2 Å². The minimum atomic E-state index is -2.87. The molecule has 6 heteroatoms. The van der Waals surface area contributed by atoms with Crippen molar-refractivity contribution in [2.24, 2.45) is 0 Å². The molecule has 0 saturated carbocycles. The fourth-order valence-electron chi connectivity index (χ4n) is 3.31. The molecular weight excluding hydrogens is 289 g/mol. The van der Waals surface area contributed by atoms with Gasteiger partial charge in [-0.15, -0.1) is 0 Å². The molecule has 2 aliphatic rings. The Morgan fingerprint density at radius 1 is 1.25 bits per heavy atom. The van der Waals surface area contributed by atoms with Gasteiger partial charge in [-0.3, -0.25) is 4.21 Å². The number of fused-ring (bicyclic) bond motifs is 2. The third-order valence-corrected chi connectivity index (χ3v) is 6.49. The Labute approximate surface area is 117 Å². The van der Waals surface area contributed by atoms with Crippen LogP contribution in [0.5, 0.6) is 0 Å². The molecule has 2 aliphatic heterocycles. The summed E-state index contributed by atoms with van der Waals surface area (Å²) in [5.41, 5.74) is -1.59. The number of benzene rings is 1. The van der Waals surface area contributed by atoms with Crippen molar-refractivity contribution in [3.05, 3.63) is 35.1 Å². The topological polar surface area (TPSA) is 37.3 Å². The highest BCUT2D eigenvalue weighted by Gasteiger charge is 2.48. The van der Waals surface area contributed by atoms with Crippen LogP contribution in [-0.2, 0) is 16.4 Å². The quantitative estimate of drug-likeness (QED) is 0.912. The van der Waals surface area contributed by atoms with Gasteiger partial charge in [0.15, 0.2) is 0 Å². The minimum Gasteiger partial charge on any atom is -0.385 e. The van der Waals surface area contributed by atoms with Crippen LogP contribution >= 0.6 is 0 Å². The molecule has 3 rings (SSSR count). The average Bonchev–Trinajstić information content (AvgIpc) is 2.62. The molecule has 2 heterocycles. The van der Waals surface area contributed by atoms with Crippen LogP contribution in [0.4, 0.5) is 13.2 Å². The maximum absolute atomic E-state index is 13.7. The lowest BCUT2D eigenvalue weighted by atomic mass is 9.85. The van der Waals surface area contributed by atoms with E-state index in [9.17, 15) is 22.5 Å². The summed E-state index contributed by atoms with van der Waals surface area (Å²) in [5.74, 6) is -0.995. The van der Waals surface area contributed by atoms with Crippen molar-refractivity contribution in [3.63, 3.8) is 0 Å². The van der Waals surface area contributed by atoms with Crippen molar-refractivity contribution < 1.29 is 22.5 Å². The third-order valence-electron chi connectivity index (χ3n) is 4.37. The third kappa shape index (κ3) is 2.19. The monoisotopic (exact) mass is 304 g/mol. The number of rotatable bonds is 2. The van der Waals surface area contributed by atoms with Gasteiger partial charge >= 0.3 is 0 Å². The molecule has 0 aliphatic carbocycles. The van der Waals surface area contributed by atoms with Crippen LogP contribution < -0.4 is 0 Å². The SMILES string of the molecule is O=S1C2CCC1CC(O)(c1ccc(C(F)F)c(F)c1)C2. The molecule has 1 aromatic rings. The van der Waals surface area contributed by atoms with Gasteiger partial charge in [0, 0.05) is 21.3 Å². The van der Waals surface area contributed by atoms with Gasteiger partial charge in [0.25, 0.3) is 6.43 Å². The van der Waals surface area contributed by atoms with Crippen molar-refractivity contribution in [1.29, 1.82) is 0 Å². The molecule has 2 fully saturated rings. The van der Waals surface area contributed by atoms with Crippen LogP contribution in [0.3, 0.4) is 0 Å². The standard InChI is InChI=1S/C14H15F3O2S/c15-12-5-8(1-4-11(12)13(16)17)14(18)6-9-2-3-10(7-14)20(9)19/h1,4-5,9-10,13,18H,2-3,6-7H2. The van der Waals surface area contributed by atoms with E-state index in [-0.39, 0.29) is 10.5 Å². The Bertz CT molecular complexity index is 545. The van der Waals surface area contributed by atoms with E-state index in [2.05, 4.69) is 0 Å². The molecule has 2 unspecified atom stereocenters. The molecule has 2 atom stereocenters. The lowest BCUT2D eigenvalue weighted by Gasteiger charge is -2.36. The molecule has 2 saturated heterocycles. The molecule has 1 N–H and O–H groups in total. The molecule has 0 radical (unpaired) electrons. The zero-order valence-corrected chi connectivity index (χ0v) is 11.5. The summed E-state index contributed by atoms with van der Waals surface area (Å²) in [5, 5.41) is 10.6. The summed E-state index contributed by atoms with van der Waals surface area (Å²) in [6.45, 7) is 0. The largest absolute Gasteiger partial charge is 0.385 e. The molecular formula is C14H15F3O2S. The van der Waals surface area contributed by atoms with Crippen molar-refractivity contribution >= 4 is 10.8 Å². The van der Waals surface area contributed by atoms with Gasteiger partial charge in [-0.05, 0) is 37.3 Å². The van der Waals surface area contributed by atoms with Crippen LogP contribution in [0.1, 0.15) is 43.2 Å². The van der Waals surface area contributed by atoms with E-state index < -0.39 is 34.2 Å². The lowest BCUT2D eigenvalue weighted by Crippen LogP contribution is -2.40. The van der Waals surface area contributed by atoms with Crippen LogP contribution in [0.25, 0.3) is 0 Å². The number of hydrogen-bond acceptors (Lipinski definition) is 2. The Kier molecular flexibility index (Phi) is 3.41. The van der Waals surface area contributed by atoms with Crippen molar-refractivity contribution in [2.45, 2.75) is 48.2 Å². The van der Waals surface area contributed by atoms with Crippen molar-refractivity contribution in [3.8, 4) is 0 Å². The highest BCUT2D eigenvalue weighted by Crippen LogP contribution is 2.46. The summed E-state index contributed by atoms with van der Waals surface area (Å²) in [4.78, 5) is 0. The van der Waals surface area contributed by atoms with Crippen LogP contribution in [-0.4, -0.2) is 19.8 Å². The molecule has 2 bridgehead atoms. The van der Waals surface area contributed by atoms with E-state index in [1.54, 1.807) is 0 Å². The predicted molar refractivity (Wildman–Crippen MR) is 69.4 cm³/mol. The summed E-state index contributed by atoms with van der Waals surface area (Å²) in [7, 11) is -0.930. The van der Waals surface area contributed by atoms with E-state index in [0.717, 1.165) is 25.0 Å². The highest BCUT2D eigenvalue weighted by molar-refractivity contribution is 7.86. The van der Waals surface area contributed by atoms with E-state index in [0.29, 0.717) is 18.4 Å². The minimum absolute atomic E-state index is 0.0726. The van der Waals surface area contributed by atoms with Crippen LogP contribution in [0.15, 0.2) is 18.2 Å². The Hall–Kier alpha value is -0.880. The van der Waals surface area contributed by atoms with Gasteiger partial charge in [-0.2, -0.15) is 0 Å². The molecule has 2 nitrogen and oxygen atoms in total. The molecule has 20 heavy (non-hydrogen) atoms. The molecule has 0 spiro atoms. The van der Waals surface area contributed by atoms with Gasteiger partial charge in [0.1, 0.15) is 5.82 Å². The van der Waals surface area contributed by atoms with E-state index >= 15 is 0 Å². The predicted octanol–water partition coefficient (Wildman–Crippen LogP) is 3.02. The molecule has 110 valence electrons. The smallest absolute Gasteiger partial charge is 0.266 e. The Morgan fingerprint density at radius 2 is 1.85 bits per heavy atom. The average molecular weight is 304 g/mol. The van der Waals surface area contributed by atoms with Gasteiger partial charge in [-0.25, -0.2) is 13.2 Å². The van der Waals surface area contributed by atoms with Gasteiger partial charge < -0.3 is 5.11 Å². The number of alkyl halides is 2. The first-order valence-electron chi connectivity index (χ1n) is 6.60. The molecule has 1 aromatic carbocycles. The first-order chi connectivity index (χ1) is 9.40. The number of halogens is 3. The molecule has 0 aromatic heterocycles. The van der Waals surface area contributed by atoms with Crippen LogP contribution in [0, 0.1) is 5.82 Å². The summed E-state index contributed by atoms with van der Waals surface area (Å²) < 4.78 is 50.7. The van der Waals surface area contributed by atoms with E-state index in [1.807, 2.05) is 0 Å². The van der Waals surface area contributed by atoms with E-state index in [1.165, 1.54) is 6.07 Å². The number of hydrogen-bond donors (Lipinski definition) is 1. The van der Waals surface area contributed by atoms with Crippen molar-refractivity contribution in [2.75, 3.05) is 0 Å². The fourth-order valence-corrected chi connectivity index (χ4v) is 5.47. The maximum Gasteiger partial charge on any atom is 0.266 e. The Balaban J connectivity index is 1.93. The second-order valence-corrected chi connectivity index (χ2v) is 7.62. The van der Waals surface area contributed by atoms with Gasteiger partial charge in [-0.1, -0.05) is 12.1 Å². The highest BCUT2D eigenvalue weighted by atomic mass is 32.2. The summed E-state index contributed by atoms with van der Waals surface area (Å²) in [6, 6.07) is 3.38. The zero-order valence-electron chi connectivity index (χ0n) is 10.7. The fraction of sp³-hybridized carbons (Fsp3) is 0.571. The lowest BCUT2D eigenvalue weighted by molar-refractivity contribution is 0.0180. The summed E-state index contributed by atoms with van der Waals surface area (Å²) >= 11 is 0. The second kappa shape index (κ2) is 4.84. The van der Waals surface area contributed by atoms with Gasteiger partial charge in [0.2, 0.25) is 0 Å². The van der Waals surface area contributed by atoms with E-state index in [4.69, 9.17) is 0 Å². The van der Waals surface area contributed by atoms with Crippen LogP contribution in [0.2, 0.25) is 0 Å². The maximum atomic E-state index is 13.7. The first-order valence-corrected chi connectivity index (χ1v) is 7.88.